The van der Waals surface area contributed by atoms with Crippen LogP contribution >= 0.6 is 0 Å². The maximum Gasteiger partial charge on any atom is 0.539 e. The molecule has 1 aromatic heterocycles. The molecule has 1 saturated carbocycles. The smallest absolute Gasteiger partial charge is 0.492 e. The largest absolute Gasteiger partial charge is 0.539 e. The molecule has 0 aliphatic heterocycles. The van der Waals surface area contributed by atoms with E-state index < -0.39 is 17.9 Å². The van der Waals surface area contributed by atoms with Gasteiger partial charge in [-0.1, -0.05) is 24.3 Å². The third-order valence-corrected chi connectivity index (χ3v) is 4.45. The number of amides is 1. The monoisotopic (exact) mass is 394 g/mol. The summed E-state index contributed by atoms with van der Waals surface area (Å²) >= 11 is 0. The van der Waals surface area contributed by atoms with E-state index in [0.29, 0.717) is 4.73 Å². The van der Waals surface area contributed by atoms with Crippen molar-refractivity contribution in [2.45, 2.75) is 12.8 Å². The second-order valence-corrected chi connectivity index (χ2v) is 6.65. The van der Waals surface area contributed by atoms with Crippen LogP contribution in [0, 0.1) is 5.92 Å². The quantitative estimate of drug-likeness (QED) is 0.451. The number of carbonyl (C=O) groups excluding carboxylic acids is 2. The molecule has 8 nitrogen and oxygen atoms in total. The molecule has 0 atom stereocenters. The molecule has 1 aliphatic rings. The minimum Gasteiger partial charge on any atom is -0.492 e. The standard InChI is InChI=1S/C21H18N2O6/c24-18-11-12-19(25)23(18)29-21(27)28-17-9-5-14(6-10-17)13-3-7-16(8-4-13)22-20(26)15-1-2-15/h3-12,15,24-25H,1-2H2,(H,22,26). The first kappa shape index (κ1) is 18.4. The van der Waals surface area contributed by atoms with Crippen molar-refractivity contribution in [2.75, 3.05) is 5.32 Å². The number of nitrogens with zero attached hydrogens (tertiary/aromatic N) is 1. The zero-order valence-electron chi connectivity index (χ0n) is 15.2. The molecule has 29 heavy (non-hydrogen) atoms. The highest BCUT2D eigenvalue weighted by atomic mass is 16.8. The Hall–Kier alpha value is -3.94. The Balaban J connectivity index is 1.37. The summed E-state index contributed by atoms with van der Waals surface area (Å²) in [5, 5.41) is 21.8. The van der Waals surface area contributed by atoms with Gasteiger partial charge in [-0.25, -0.2) is 4.79 Å². The minimum absolute atomic E-state index is 0.0627. The lowest BCUT2D eigenvalue weighted by atomic mass is 10.1. The molecular formula is C21H18N2O6. The van der Waals surface area contributed by atoms with E-state index in [1.54, 1.807) is 24.3 Å². The van der Waals surface area contributed by atoms with E-state index in [1.165, 1.54) is 12.1 Å². The average molecular weight is 394 g/mol. The van der Waals surface area contributed by atoms with Gasteiger partial charge in [-0.2, -0.15) is 0 Å². The van der Waals surface area contributed by atoms with Crippen molar-refractivity contribution < 1.29 is 29.4 Å². The van der Waals surface area contributed by atoms with Gasteiger partial charge in [0.25, 0.3) is 0 Å². The summed E-state index contributed by atoms with van der Waals surface area (Å²) in [6.45, 7) is 0. The van der Waals surface area contributed by atoms with Crippen LogP contribution in [0.15, 0.2) is 60.7 Å². The van der Waals surface area contributed by atoms with Crippen molar-refractivity contribution in [1.82, 2.24) is 4.73 Å². The molecular weight excluding hydrogens is 376 g/mol. The lowest BCUT2D eigenvalue weighted by molar-refractivity contribution is -0.117. The van der Waals surface area contributed by atoms with E-state index in [1.807, 2.05) is 24.3 Å². The minimum atomic E-state index is -1.12. The van der Waals surface area contributed by atoms with Gasteiger partial charge in [0.1, 0.15) is 5.75 Å². The number of hydrogen-bond donors (Lipinski definition) is 3. The van der Waals surface area contributed by atoms with Gasteiger partial charge in [-0.3, -0.25) is 9.63 Å². The molecule has 1 amide bonds. The van der Waals surface area contributed by atoms with Crippen LogP contribution in [0.2, 0.25) is 0 Å². The Bertz CT molecular complexity index is 1020. The zero-order valence-corrected chi connectivity index (χ0v) is 15.2. The van der Waals surface area contributed by atoms with Crippen molar-refractivity contribution in [3.05, 3.63) is 60.7 Å². The van der Waals surface area contributed by atoms with Crippen LogP contribution in [0.5, 0.6) is 17.5 Å². The zero-order chi connectivity index (χ0) is 20.4. The van der Waals surface area contributed by atoms with Gasteiger partial charge in [0.2, 0.25) is 17.7 Å². The van der Waals surface area contributed by atoms with E-state index in [-0.39, 0.29) is 17.6 Å². The highest BCUT2D eigenvalue weighted by Gasteiger charge is 2.29. The predicted molar refractivity (Wildman–Crippen MR) is 104 cm³/mol. The molecule has 1 fully saturated rings. The summed E-state index contributed by atoms with van der Waals surface area (Å²) in [5.41, 5.74) is 2.59. The molecule has 1 heterocycles. The first-order chi connectivity index (χ1) is 14.0. The van der Waals surface area contributed by atoms with Crippen LogP contribution in [0.3, 0.4) is 0 Å². The fraction of sp³-hybridized carbons (Fsp3) is 0.143. The van der Waals surface area contributed by atoms with E-state index in [0.717, 1.165) is 29.7 Å². The lowest BCUT2D eigenvalue weighted by Crippen LogP contribution is -2.22. The number of nitrogens with one attached hydrogen (secondary N) is 1. The number of ether oxygens (including phenoxy) is 1. The van der Waals surface area contributed by atoms with Crippen LogP contribution in [0.1, 0.15) is 12.8 Å². The Morgan fingerprint density at radius 3 is 1.97 bits per heavy atom. The molecule has 3 aromatic rings. The second kappa shape index (κ2) is 7.59. The number of aromatic hydroxyl groups is 2. The summed E-state index contributed by atoms with van der Waals surface area (Å²) < 4.78 is 5.57. The van der Waals surface area contributed by atoms with E-state index in [9.17, 15) is 19.8 Å². The van der Waals surface area contributed by atoms with Gasteiger partial charge in [0.05, 0.1) is 0 Å². The van der Waals surface area contributed by atoms with Crippen molar-refractivity contribution in [1.29, 1.82) is 0 Å². The molecule has 0 spiro atoms. The third kappa shape index (κ3) is 4.32. The summed E-state index contributed by atoms with van der Waals surface area (Å²) in [6, 6.07) is 16.5. The van der Waals surface area contributed by atoms with E-state index in [4.69, 9.17) is 9.57 Å². The lowest BCUT2D eigenvalue weighted by Gasteiger charge is -2.09. The molecule has 1 aliphatic carbocycles. The van der Waals surface area contributed by atoms with Crippen molar-refractivity contribution in [3.63, 3.8) is 0 Å². The molecule has 0 saturated heterocycles. The van der Waals surface area contributed by atoms with Crippen LogP contribution in [0.4, 0.5) is 10.5 Å². The SMILES string of the molecule is O=C(Oc1ccc(-c2ccc(NC(=O)C3CC3)cc2)cc1)On1c(O)ccc1O. The fourth-order valence-corrected chi connectivity index (χ4v) is 2.74. The van der Waals surface area contributed by atoms with Crippen LogP contribution in [-0.2, 0) is 4.79 Å². The van der Waals surface area contributed by atoms with Crippen molar-refractivity contribution >= 4 is 17.7 Å². The van der Waals surface area contributed by atoms with Crippen LogP contribution in [-0.4, -0.2) is 27.0 Å². The van der Waals surface area contributed by atoms with Gasteiger partial charge in [-0.05, 0) is 48.2 Å². The highest BCUT2D eigenvalue weighted by Crippen LogP contribution is 2.30. The Morgan fingerprint density at radius 1 is 0.862 bits per heavy atom. The third-order valence-electron chi connectivity index (χ3n) is 4.45. The summed E-state index contributed by atoms with van der Waals surface area (Å²) in [4.78, 5) is 28.3. The number of benzene rings is 2. The fourth-order valence-electron chi connectivity index (χ4n) is 2.74. The van der Waals surface area contributed by atoms with Gasteiger partial charge >= 0.3 is 6.16 Å². The first-order valence-electron chi connectivity index (χ1n) is 9.01. The number of hydrogen-bond acceptors (Lipinski definition) is 6. The van der Waals surface area contributed by atoms with Gasteiger partial charge in [0.15, 0.2) is 0 Å². The Kier molecular flexibility index (Phi) is 4.82. The summed E-state index contributed by atoms with van der Waals surface area (Å²) in [7, 11) is 0. The normalized spacial score (nSPS) is 13.0. The number of rotatable bonds is 5. The average Bonchev–Trinajstić information content (AvgIpc) is 3.52. The van der Waals surface area contributed by atoms with Crippen molar-refractivity contribution in [3.8, 4) is 28.6 Å². The molecule has 0 radical (unpaired) electrons. The molecule has 0 unspecified atom stereocenters. The summed E-state index contributed by atoms with van der Waals surface area (Å²) in [6.07, 6.45) is 0.800. The maximum absolute atomic E-state index is 11.8. The van der Waals surface area contributed by atoms with Crippen LogP contribution in [0.25, 0.3) is 11.1 Å². The maximum atomic E-state index is 11.8. The Morgan fingerprint density at radius 2 is 1.41 bits per heavy atom. The van der Waals surface area contributed by atoms with Crippen LogP contribution < -0.4 is 14.9 Å². The number of anilines is 1. The molecule has 148 valence electrons. The first-order valence-corrected chi connectivity index (χ1v) is 9.01. The van der Waals surface area contributed by atoms with Gasteiger partial charge < -0.3 is 20.3 Å². The van der Waals surface area contributed by atoms with E-state index >= 15 is 0 Å². The molecule has 0 bridgehead atoms. The number of carbonyl (C=O) groups is 2. The van der Waals surface area contributed by atoms with Gasteiger partial charge in [0, 0.05) is 23.7 Å². The predicted octanol–water partition coefficient (Wildman–Crippen LogP) is 3.54. The molecule has 4 rings (SSSR count). The Labute approximate surface area is 165 Å². The molecule has 3 N–H and O–H groups in total. The topological polar surface area (TPSA) is 110 Å². The van der Waals surface area contributed by atoms with E-state index in [2.05, 4.69) is 5.32 Å². The van der Waals surface area contributed by atoms with Crippen molar-refractivity contribution in [2.24, 2.45) is 5.92 Å². The molecule has 8 heteroatoms. The number of aromatic nitrogens is 1. The van der Waals surface area contributed by atoms with Gasteiger partial charge in [-0.15, -0.1) is 4.73 Å². The summed E-state index contributed by atoms with van der Waals surface area (Å²) in [5.74, 6) is -0.427. The highest BCUT2D eigenvalue weighted by molar-refractivity contribution is 5.94. The molecule has 2 aromatic carbocycles. The second-order valence-electron chi connectivity index (χ2n) is 6.65.